The van der Waals surface area contributed by atoms with Crippen LogP contribution in [-0.2, 0) is 4.74 Å². The predicted octanol–water partition coefficient (Wildman–Crippen LogP) is 2.12. The van der Waals surface area contributed by atoms with E-state index in [2.05, 4.69) is 5.32 Å². The van der Waals surface area contributed by atoms with E-state index in [1.165, 1.54) is 6.07 Å². The van der Waals surface area contributed by atoms with Gasteiger partial charge in [0.25, 0.3) is 0 Å². The number of ether oxygens (including phenoxy) is 1. The number of aliphatic hydroxyl groups is 2. The van der Waals surface area contributed by atoms with Gasteiger partial charge in [-0.3, -0.25) is 4.79 Å². The molecule has 0 radical (unpaired) electrons. The zero-order chi connectivity index (χ0) is 17.6. The SMILES string of the molecule is Cc1cc(C=O)cc(C(O)C(O)CCNC(=O)OC(C)(C)C)c1. The molecule has 6 nitrogen and oxygen atoms in total. The normalized spacial score (nSPS) is 14.0. The molecule has 2 atom stereocenters. The molecule has 0 aliphatic heterocycles. The van der Waals surface area contributed by atoms with Gasteiger partial charge >= 0.3 is 6.09 Å². The molecule has 23 heavy (non-hydrogen) atoms. The second kappa shape index (κ2) is 8.08. The lowest BCUT2D eigenvalue weighted by Gasteiger charge is -2.21. The summed E-state index contributed by atoms with van der Waals surface area (Å²) in [7, 11) is 0. The van der Waals surface area contributed by atoms with Crippen molar-refractivity contribution in [2.75, 3.05) is 6.54 Å². The molecule has 0 aromatic heterocycles. The number of carbonyl (C=O) groups is 2. The van der Waals surface area contributed by atoms with E-state index in [-0.39, 0.29) is 13.0 Å². The molecule has 0 fully saturated rings. The summed E-state index contributed by atoms with van der Waals surface area (Å²) in [5.74, 6) is 0. The van der Waals surface area contributed by atoms with Crippen LogP contribution in [0.4, 0.5) is 4.79 Å². The summed E-state index contributed by atoms with van der Waals surface area (Å²) in [6.45, 7) is 7.24. The average molecular weight is 323 g/mol. The van der Waals surface area contributed by atoms with Crippen LogP contribution in [0.2, 0.25) is 0 Å². The Kier molecular flexibility index (Phi) is 6.72. The number of aryl methyl sites for hydroxylation is 1. The maximum absolute atomic E-state index is 11.5. The number of aliphatic hydroxyl groups excluding tert-OH is 2. The van der Waals surface area contributed by atoms with Gasteiger partial charge in [0.2, 0.25) is 0 Å². The molecule has 0 saturated carbocycles. The van der Waals surface area contributed by atoms with Crippen LogP contribution in [0.1, 0.15) is 54.8 Å². The molecule has 1 amide bonds. The fraction of sp³-hybridized carbons (Fsp3) is 0.529. The Morgan fingerprint density at radius 3 is 2.52 bits per heavy atom. The molecule has 0 aliphatic carbocycles. The molecule has 0 spiro atoms. The van der Waals surface area contributed by atoms with Crippen LogP contribution in [0.3, 0.4) is 0 Å². The van der Waals surface area contributed by atoms with Gasteiger partial charge in [0, 0.05) is 12.1 Å². The maximum Gasteiger partial charge on any atom is 0.407 e. The Hall–Kier alpha value is -1.92. The number of carbonyl (C=O) groups excluding carboxylic acids is 2. The van der Waals surface area contributed by atoms with Crippen molar-refractivity contribution in [1.29, 1.82) is 0 Å². The smallest absolute Gasteiger partial charge is 0.407 e. The Morgan fingerprint density at radius 2 is 1.96 bits per heavy atom. The summed E-state index contributed by atoms with van der Waals surface area (Å²) >= 11 is 0. The van der Waals surface area contributed by atoms with Gasteiger partial charge in [-0.2, -0.15) is 0 Å². The van der Waals surface area contributed by atoms with Crippen molar-refractivity contribution in [3.63, 3.8) is 0 Å². The summed E-state index contributed by atoms with van der Waals surface area (Å²) in [6.07, 6.45) is -1.91. The third-order valence-electron chi connectivity index (χ3n) is 3.07. The van der Waals surface area contributed by atoms with Crippen molar-refractivity contribution in [2.24, 2.45) is 0 Å². The highest BCUT2D eigenvalue weighted by Crippen LogP contribution is 2.21. The standard InChI is InChI=1S/C17H25NO5/c1-11-7-12(10-19)9-13(8-11)15(21)14(20)5-6-18-16(22)23-17(2,3)4/h7-10,14-15,20-21H,5-6H2,1-4H3,(H,18,22). The van der Waals surface area contributed by atoms with E-state index in [0.29, 0.717) is 17.4 Å². The molecule has 2 unspecified atom stereocenters. The van der Waals surface area contributed by atoms with E-state index in [0.717, 1.165) is 5.56 Å². The van der Waals surface area contributed by atoms with Gasteiger partial charge in [-0.05, 0) is 51.8 Å². The number of benzene rings is 1. The summed E-state index contributed by atoms with van der Waals surface area (Å²) in [6, 6.07) is 4.94. The minimum Gasteiger partial charge on any atom is -0.444 e. The summed E-state index contributed by atoms with van der Waals surface area (Å²) in [4.78, 5) is 22.4. The van der Waals surface area contributed by atoms with Crippen molar-refractivity contribution in [1.82, 2.24) is 5.32 Å². The first-order chi connectivity index (χ1) is 10.6. The van der Waals surface area contributed by atoms with E-state index in [1.54, 1.807) is 39.8 Å². The quantitative estimate of drug-likeness (QED) is 0.697. The van der Waals surface area contributed by atoms with Crippen molar-refractivity contribution in [2.45, 2.75) is 51.9 Å². The summed E-state index contributed by atoms with van der Waals surface area (Å²) in [5, 5.41) is 22.7. The molecule has 0 bridgehead atoms. The largest absolute Gasteiger partial charge is 0.444 e. The second-order valence-electron chi connectivity index (χ2n) is 6.52. The first-order valence-corrected chi connectivity index (χ1v) is 7.52. The minimum absolute atomic E-state index is 0.158. The van der Waals surface area contributed by atoms with Gasteiger partial charge in [-0.1, -0.05) is 11.6 Å². The monoisotopic (exact) mass is 323 g/mol. The Bertz CT molecular complexity index is 550. The van der Waals surface area contributed by atoms with Crippen LogP contribution < -0.4 is 5.32 Å². The molecule has 0 saturated heterocycles. The third-order valence-corrected chi connectivity index (χ3v) is 3.07. The predicted molar refractivity (Wildman–Crippen MR) is 86.4 cm³/mol. The van der Waals surface area contributed by atoms with Crippen LogP contribution in [0.15, 0.2) is 18.2 Å². The number of amides is 1. The number of alkyl carbamates (subject to hydrolysis) is 1. The molecule has 3 N–H and O–H groups in total. The van der Waals surface area contributed by atoms with Gasteiger partial charge < -0.3 is 20.3 Å². The Morgan fingerprint density at radius 1 is 1.30 bits per heavy atom. The molecule has 1 aromatic carbocycles. The third kappa shape index (κ3) is 6.80. The van der Waals surface area contributed by atoms with Crippen molar-refractivity contribution >= 4 is 12.4 Å². The molecule has 0 aliphatic rings. The lowest BCUT2D eigenvalue weighted by atomic mass is 9.98. The van der Waals surface area contributed by atoms with E-state index < -0.39 is 23.9 Å². The van der Waals surface area contributed by atoms with Crippen LogP contribution in [-0.4, -0.2) is 40.8 Å². The number of hydrogen-bond donors (Lipinski definition) is 3. The van der Waals surface area contributed by atoms with Gasteiger partial charge in [0.05, 0.1) is 6.10 Å². The fourth-order valence-electron chi connectivity index (χ4n) is 2.10. The first-order valence-electron chi connectivity index (χ1n) is 7.52. The number of hydrogen-bond acceptors (Lipinski definition) is 5. The first kappa shape index (κ1) is 19.1. The zero-order valence-electron chi connectivity index (χ0n) is 14.0. The molecule has 128 valence electrons. The van der Waals surface area contributed by atoms with Crippen LogP contribution in [0.5, 0.6) is 0 Å². The fourth-order valence-corrected chi connectivity index (χ4v) is 2.10. The van der Waals surface area contributed by atoms with Gasteiger partial charge in [-0.15, -0.1) is 0 Å². The molecule has 6 heteroatoms. The highest BCUT2D eigenvalue weighted by Gasteiger charge is 2.20. The lowest BCUT2D eigenvalue weighted by Crippen LogP contribution is -2.34. The topological polar surface area (TPSA) is 95.9 Å². The molecule has 0 heterocycles. The van der Waals surface area contributed by atoms with Crippen molar-refractivity contribution < 1.29 is 24.5 Å². The average Bonchev–Trinajstić information content (AvgIpc) is 2.43. The lowest BCUT2D eigenvalue weighted by molar-refractivity contribution is 0.0122. The van der Waals surface area contributed by atoms with Crippen LogP contribution in [0.25, 0.3) is 0 Å². The number of nitrogens with one attached hydrogen (secondary N) is 1. The van der Waals surface area contributed by atoms with Gasteiger partial charge in [-0.25, -0.2) is 4.79 Å². The van der Waals surface area contributed by atoms with E-state index in [4.69, 9.17) is 4.74 Å². The molecular weight excluding hydrogens is 298 g/mol. The summed E-state index contributed by atoms with van der Waals surface area (Å²) in [5.41, 5.74) is 1.15. The second-order valence-corrected chi connectivity index (χ2v) is 6.52. The number of aldehydes is 1. The maximum atomic E-state index is 11.5. The minimum atomic E-state index is -1.13. The van der Waals surface area contributed by atoms with E-state index in [9.17, 15) is 19.8 Å². The highest BCUT2D eigenvalue weighted by molar-refractivity contribution is 5.75. The van der Waals surface area contributed by atoms with Crippen molar-refractivity contribution in [3.8, 4) is 0 Å². The van der Waals surface area contributed by atoms with E-state index in [1.807, 2.05) is 0 Å². The van der Waals surface area contributed by atoms with Crippen LogP contribution in [0, 0.1) is 6.92 Å². The number of rotatable bonds is 6. The Labute approximate surface area is 136 Å². The van der Waals surface area contributed by atoms with Crippen LogP contribution >= 0.6 is 0 Å². The van der Waals surface area contributed by atoms with Gasteiger partial charge in [0.1, 0.15) is 18.0 Å². The van der Waals surface area contributed by atoms with E-state index >= 15 is 0 Å². The highest BCUT2D eigenvalue weighted by atomic mass is 16.6. The van der Waals surface area contributed by atoms with Gasteiger partial charge in [0.15, 0.2) is 0 Å². The molecule has 1 rings (SSSR count). The Balaban J connectivity index is 2.54. The summed E-state index contributed by atoms with van der Waals surface area (Å²) < 4.78 is 5.08. The zero-order valence-corrected chi connectivity index (χ0v) is 14.0. The molecule has 1 aromatic rings. The molecular formula is C17H25NO5. The van der Waals surface area contributed by atoms with Crippen molar-refractivity contribution in [3.05, 3.63) is 34.9 Å².